The van der Waals surface area contributed by atoms with Crippen molar-refractivity contribution >= 4 is 0 Å². The van der Waals surface area contributed by atoms with E-state index >= 15 is 0 Å². The quantitative estimate of drug-likeness (QED) is 0.835. The zero-order valence-electron chi connectivity index (χ0n) is 12.4. The van der Waals surface area contributed by atoms with Gasteiger partial charge in [-0.3, -0.25) is 0 Å². The number of benzene rings is 1. The number of fused-ring (bicyclic) bond motifs is 1. The molecule has 1 aromatic rings. The van der Waals surface area contributed by atoms with E-state index in [0.717, 1.165) is 30.6 Å². The Balaban J connectivity index is 1.88. The van der Waals surface area contributed by atoms with Gasteiger partial charge in [-0.1, -0.05) is 13.8 Å². The summed E-state index contributed by atoms with van der Waals surface area (Å²) in [5.41, 5.74) is 6.99. The molecule has 2 unspecified atom stereocenters. The Morgan fingerprint density at radius 2 is 2.15 bits per heavy atom. The molecule has 0 saturated heterocycles. The monoisotopic (exact) mass is 277 g/mol. The lowest BCUT2D eigenvalue weighted by Gasteiger charge is -2.46. The van der Waals surface area contributed by atoms with Crippen LogP contribution in [0.3, 0.4) is 0 Å². The van der Waals surface area contributed by atoms with Crippen molar-refractivity contribution in [1.82, 2.24) is 0 Å². The molecule has 2 N–H and O–H groups in total. The first-order chi connectivity index (χ1) is 9.49. The molecule has 0 aromatic heterocycles. The van der Waals surface area contributed by atoms with Gasteiger partial charge in [-0.25, -0.2) is 4.39 Å². The summed E-state index contributed by atoms with van der Waals surface area (Å²) in [6, 6.07) is 4.62. The maximum atomic E-state index is 13.4. The van der Waals surface area contributed by atoms with Crippen LogP contribution in [0.25, 0.3) is 0 Å². The topological polar surface area (TPSA) is 35.2 Å². The molecule has 1 heterocycles. The first-order valence-corrected chi connectivity index (χ1v) is 7.73. The highest BCUT2D eigenvalue weighted by Gasteiger charge is 2.44. The first-order valence-electron chi connectivity index (χ1n) is 7.73. The summed E-state index contributed by atoms with van der Waals surface area (Å²) in [5, 5.41) is 0. The standard InChI is InChI=1S/C17H24FNO/c1-11(2)12-4-3-7-17(9-12)10-15(19)14-8-13(18)5-6-16(14)20-17/h5-6,8,11-12,15H,3-4,7,9-10,19H2,1-2H3/t12?,15-,17?/m0/s1. The van der Waals surface area contributed by atoms with Crippen LogP contribution in [-0.2, 0) is 0 Å². The van der Waals surface area contributed by atoms with Crippen molar-refractivity contribution in [1.29, 1.82) is 0 Å². The zero-order valence-corrected chi connectivity index (χ0v) is 12.4. The first kappa shape index (κ1) is 13.9. The third kappa shape index (κ3) is 2.44. The van der Waals surface area contributed by atoms with Crippen LogP contribution in [0.2, 0.25) is 0 Å². The van der Waals surface area contributed by atoms with Gasteiger partial charge < -0.3 is 10.5 Å². The van der Waals surface area contributed by atoms with Gasteiger partial charge in [0.25, 0.3) is 0 Å². The van der Waals surface area contributed by atoms with Gasteiger partial charge >= 0.3 is 0 Å². The molecule has 3 atom stereocenters. The molecule has 2 nitrogen and oxygen atoms in total. The molecule has 1 aliphatic heterocycles. The summed E-state index contributed by atoms with van der Waals surface area (Å²) < 4.78 is 19.7. The average molecular weight is 277 g/mol. The highest BCUT2D eigenvalue weighted by atomic mass is 19.1. The van der Waals surface area contributed by atoms with Crippen LogP contribution in [-0.4, -0.2) is 5.60 Å². The van der Waals surface area contributed by atoms with Gasteiger partial charge in [-0.2, -0.15) is 0 Å². The molecular formula is C17H24FNO. The second kappa shape index (κ2) is 5.03. The van der Waals surface area contributed by atoms with Crippen LogP contribution in [0.1, 0.15) is 57.6 Å². The molecule has 1 saturated carbocycles. The van der Waals surface area contributed by atoms with E-state index in [1.165, 1.54) is 25.0 Å². The van der Waals surface area contributed by atoms with Crippen LogP contribution in [0, 0.1) is 17.7 Å². The molecule has 1 aliphatic carbocycles. The van der Waals surface area contributed by atoms with Crippen LogP contribution >= 0.6 is 0 Å². The SMILES string of the molecule is CC(C)C1CCCC2(C1)C[C@H](N)c1cc(F)ccc1O2. The van der Waals surface area contributed by atoms with E-state index in [1.807, 2.05) is 0 Å². The maximum absolute atomic E-state index is 13.4. The van der Waals surface area contributed by atoms with Gasteiger partial charge in [-0.05, 0) is 55.7 Å². The molecule has 0 radical (unpaired) electrons. The maximum Gasteiger partial charge on any atom is 0.125 e. The van der Waals surface area contributed by atoms with Gasteiger partial charge in [0.2, 0.25) is 0 Å². The van der Waals surface area contributed by atoms with Crippen LogP contribution in [0.4, 0.5) is 4.39 Å². The Bertz CT molecular complexity index is 502. The molecule has 2 aliphatic rings. The lowest BCUT2D eigenvalue weighted by atomic mass is 9.70. The molecule has 1 spiro atoms. The number of hydrogen-bond donors (Lipinski definition) is 1. The molecule has 1 fully saturated rings. The minimum atomic E-state index is -0.234. The van der Waals surface area contributed by atoms with Crippen LogP contribution < -0.4 is 10.5 Å². The Kier molecular flexibility index (Phi) is 3.49. The zero-order chi connectivity index (χ0) is 14.3. The van der Waals surface area contributed by atoms with Gasteiger partial charge in [0, 0.05) is 18.0 Å². The lowest BCUT2D eigenvalue weighted by molar-refractivity contribution is -0.0250. The second-order valence-corrected chi connectivity index (χ2v) is 6.88. The minimum absolute atomic E-state index is 0.111. The highest BCUT2D eigenvalue weighted by Crippen LogP contribution is 2.48. The molecular weight excluding hydrogens is 253 g/mol. The summed E-state index contributed by atoms with van der Waals surface area (Å²) in [6.07, 6.45) is 5.45. The molecule has 0 amide bonds. The van der Waals surface area contributed by atoms with E-state index in [1.54, 1.807) is 6.07 Å². The van der Waals surface area contributed by atoms with Crippen molar-refractivity contribution in [2.75, 3.05) is 0 Å². The third-order valence-electron chi connectivity index (χ3n) is 5.07. The summed E-state index contributed by atoms with van der Waals surface area (Å²) in [5.74, 6) is 1.94. The van der Waals surface area contributed by atoms with Crippen molar-refractivity contribution < 1.29 is 9.13 Å². The third-order valence-corrected chi connectivity index (χ3v) is 5.07. The largest absolute Gasteiger partial charge is 0.487 e. The van der Waals surface area contributed by atoms with Crippen LogP contribution in [0.15, 0.2) is 18.2 Å². The van der Waals surface area contributed by atoms with E-state index in [-0.39, 0.29) is 17.5 Å². The fourth-order valence-electron chi connectivity index (χ4n) is 3.90. The summed E-state index contributed by atoms with van der Waals surface area (Å²) in [7, 11) is 0. The summed E-state index contributed by atoms with van der Waals surface area (Å²) in [4.78, 5) is 0. The summed E-state index contributed by atoms with van der Waals surface area (Å²) in [6.45, 7) is 4.57. The highest BCUT2D eigenvalue weighted by molar-refractivity contribution is 5.39. The van der Waals surface area contributed by atoms with E-state index in [9.17, 15) is 4.39 Å². The number of halogens is 1. The molecule has 1 aromatic carbocycles. The van der Waals surface area contributed by atoms with Crippen molar-refractivity contribution in [3.63, 3.8) is 0 Å². The van der Waals surface area contributed by atoms with Crippen molar-refractivity contribution in [3.05, 3.63) is 29.6 Å². The summed E-state index contributed by atoms with van der Waals surface area (Å²) >= 11 is 0. The van der Waals surface area contributed by atoms with Crippen molar-refractivity contribution in [2.24, 2.45) is 17.6 Å². The number of nitrogens with two attached hydrogens (primary N) is 1. The minimum Gasteiger partial charge on any atom is -0.487 e. The lowest BCUT2D eigenvalue weighted by Crippen LogP contribution is -2.47. The molecule has 3 heteroatoms. The molecule has 110 valence electrons. The van der Waals surface area contributed by atoms with Gasteiger partial charge in [0.05, 0.1) is 0 Å². The van der Waals surface area contributed by atoms with E-state index in [4.69, 9.17) is 10.5 Å². The molecule has 0 bridgehead atoms. The average Bonchev–Trinajstić information content (AvgIpc) is 2.40. The van der Waals surface area contributed by atoms with Gasteiger partial charge in [0.15, 0.2) is 0 Å². The Labute approximate surface area is 120 Å². The number of ether oxygens (including phenoxy) is 1. The predicted octanol–water partition coefficient (Wildman–Crippen LogP) is 4.19. The number of rotatable bonds is 1. The Morgan fingerprint density at radius 3 is 2.90 bits per heavy atom. The second-order valence-electron chi connectivity index (χ2n) is 6.88. The van der Waals surface area contributed by atoms with E-state index in [2.05, 4.69) is 13.8 Å². The fraction of sp³-hybridized carbons (Fsp3) is 0.647. The number of hydrogen-bond acceptors (Lipinski definition) is 2. The Hall–Kier alpha value is -1.09. The van der Waals surface area contributed by atoms with Gasteiger partial charge in [0.1, 0.15) is 17.2 Å². The smallest absolute Gasteiger partial charge is 0.125 e. The van der Waals surface area contributed by atoms with Crippen molar-refractivity contribution in [2.45, 2.75) is 57.6 Å². The van der Waals surface area contributed by atoms with Crippen molar-refractivity contribution in [3.8, 4) is 5.75 Å². The fourth-order valence-corrected chi connectivity index (χ4v) is 3.90. The normalized spacial score (nSPS) is 33.0. The van der Waals surface area contributed by atoms with E-state index in [0.29, 0.717) is 11.8 Å². The van der Waals surface area contributed by atoms with E-state index < -0.39 is 0 Å². The predicted molar refractivity (Wildman–Crippen MR) is 78.1 cm³/mol. The van der Waals surface area contributed by atoms with Crippen LogP contribution in [0.5, 0.6) is 5.75 Å². The molecule has 20 heavy (non-hydrogen) atoms. The molecule has 3 rings (SSSR count). The van der Waals surface area contributed by atoms with Gasteiger partial charge in [-0.15, -0.1) is 0 Å². The Morgan fingerprint density at radius 1 is 1.35 bits per heavy atom.